The smallest absolute Gasteiger partial charge is 0.137 e. The number of hydrogen-bond donors (Lipinski definition) is 1. The van der Waals surface area contributed by atoms with Gasteiger partial charge < -0.3 is 14.5 Å². The molecule has 1 N–H and O–H groups in total. The molecule has 0 radical (unpaired) electrons. The van der Waals surface area contributed by atoms with Gasteiger partial charge in [0.1, 0.15) is 11.5 Å². The molecule has 2 aromatic rings. The number of rotatable bonds is 6. The first-order valence-electron chi connectivity index (χ1n) is 8.45. The normalized spacial score (nSPS) is 9.48. The van der Waals surface area contributed by atoms with Gasteiger partial charge in [-0.15, -0.1) is 0 Å². The Morgan fingerprint density at radius 1 is 1.16 bits per heavy atom. The fraction of sp³-hybridized carbons (Fsp3) is 0.350. The monoisotopic (exact) mass is 346 g/mol. The molecule has 2 rings (SSSR count). The number of aromatic amines is 1. The van der Waals surface area contributed by atoms with E-state index in [0.29, 0.717) is 18.8 Å². The summed E-state index contributed by atoms with van der Waals surface area (Å²) in [6, 6.07) is 11.6. The lowest BCUT2D eigenvalue weighted by Crippen LogP contribution is -1.99. The molecule has 4 nitrogen and oxygen atoms in total. The van der Waals surface area contributed by atoms with Crippen molar-refractivity contribution in [3.63, 3.8) is 0 Å². The maximum atomic E-state index is 12.1. The Kier molecular flexibility index (Phi) is 9.75. The van der Waals surface area contributed by atoms with Crippen LogP contribution in [0.2, 0.25) is 0 Å². The zero-order valence-corrected chi connectivity index (χ0v) is 15.4. The molecule has 0 saturated carbocycles. The summed E-state index contributed by atoms with van der Waals surface area (Å²) in [5.41, 5.74) is 2.92. The lowest BCUT2D eigenvalue weighted by Gasteiger charge is -2.09. The third-order valence-electron chi connectivity index (χ3n) is 3.28. The number of aryl methyl sites for hydroxylation is 1. The summed E-state index contributed by atoms with van der Waals surface area (Å²) in [6.07, 6.45) is 3.65. The van der Waals surface area contributed by atoms with Gasteiger partial charge in [0.05, 0.1) is 32.9 Å². The maximum absolute atomic E-state index is 12.1. The fourth-order valence-corrected chi connectivity index (χ4v) is 2.06. The van der Waals surface area contributed by atoms with Crippen LogP contribution in [0.3, 0.4) is 0 Å². The molecule has 5 heteroatoms. The largest absolute Gasteiger partial charge is 0.495 e. The number of H-pyrrole nitrogens is 1. The first-order valence-corrected chi connectivity index (χ1v) is 8.45. The Labute approximate surface area is 149 Å². The van der Waals surface area contributed by atoms with E-state index < -0.39 is 0 Å². The van der Waals surface area contributed by atoms with Crippen molar-refractivity contribution in [2.45, 2.75) is 27.2 Å². The van der Waals surface area contributed by atoms with Gasteiger partial charge in [0.25, 0.3) is 0 Å². The van der Waals surface area contributed by atoms with Crippen LogP contribution in [0.15, 0.2) is 48.9 Å². The SMILES string of the molecule is CC.COc1cccc(-c2ccc(OCCCF)c(C)c2)[nH]cnc1. The zero-order chi connectivity index (χ0) is 18.5. The third-order valence-corrected chi connectivity index (χ3v) is 3.28. The van der Waals surface area contributed by atoms with Gasteiger partial charge >= 0.3 is 0 Å². The summed E-state index contributed by atoms with van der Waals surface area (Å²) in [4.78, 5) is 7.28. The zero-order valence-electron chi connectivity index (χ0n) is 15.4. The highest BCUT2D eigenvalue weighted by Gasteiger charge is 2.03. The molecule has 1 heterocycles. The van der Waals surface area contributed by atoms with E-state index in [1.54, 1.807) is 19.6 Å². The molecule has 0 atom stereocenters. The number of halogens is 1. The van der Waals surface area contributed by atoms with Crippen LogP contribution in [0.25, 0.3) is 11.3 Å². The molecule has 0 bridgehead atoms. The molecule has 0 unspecified atom stereocenters. The third kappa shape index (κ3) is 6.83. The lowest BCUT2D eigenvalue weighted by atomic mass is 10.1. The van der Waals surface area contributed by atoms with Crippen LogP contribution < -0.4 is 9.47 Å². The molecule has 25 heavy (non-hydrogen) atoms. The Morgan fingerprint density at radius 3 is 2.64 bits per heavy atom. The van der Waals surface area contributed by atoms with E-state index in [4.69, 9.17) is 9.47 Å². The van der Waals surface area contributed by atoms with Crippen molar-refractivity contribution in [2.24, 2.45) is 0 Å². The molecule has 136 valence electrons. The van der Waals surface area contributed by atoms with E-state index in [1.165, 1.54) is 0 Å². The summed E-state index contributed by atoms with van der Waals surface area (Å²) in [5.74, 6) is 1.45. The fourth-order valence-electron chi connectivity index (χ4n) is 2.06. The van der Waals surface area contributed by atoms with Gasteiger partial charge in [0, 0.05) is 12.1 Å². The van der Waals surface area contributed by atoms with Gasteiger partial charge in [0.2, 0.25) is 0 Å². The van der Waals surface area contributed by atoms with Crippen molar-refractivity contribution in [1.29, 1.82) is 0 Å². The van der Waals surface area contributed by atoms with Crippen LogP contribution in [0.1, 0.15) is 25.8 Å². The van der Waals surface area contributed by atoms with Gasteiger partial charge in [-0.25, -0.2) is 4.98 Å². The van der Waals surface area contributed by atoms with Gasteiger partial charge in [-0.3, -0.25) is 4.39 Å². The van der Waals surface area contributed by atoms with Gasteiger partial charge in [-0.1, -0.05) is 19.9 Å². The lowest BCUT2D eigenvalue weighted by molar-refractivity contribution is 0.288. The quantitative estimate of drug-likeness (QED) is 0.724. The second-order valence-corrected chi connectivity index (χ2v) is 4.97. The number of nitrogens with zero attached hydrogens (tertiary/aromatic N) is 1. The van der Waals surface area contributed by atoms with E-state index in [1.807, 2.05) is 57.2 Å². The number of benzene rings is 1. The molecule has 0 aliphatic heterocycles. The molecule has 0 saturated heterocycles. The molecule has 0 aliphatic rings. The van der Waals surface area contributed by atoms with Crippen LogP contribution in [-0.4, -0.2) is 30.4 Å². The molecular weight excluding hydrogens is 319 g/mol. The molecule has 1 aromatic carbocycles. The van der Waals surface area contributed by atoms with Gasteiger partial charge in [-0.05, 0) is 48.4 Å². The predicted molar refractivity (Wildman–Crippen MR) is 100 cm³/mol. The standard InChI is InChI=1S/C18H21FN2O2.C2H6/c1-14-11-15(7-8-18(14)23-10-4-9-19)17-6-3-5-16(22-2)12-20-13-21-17;1-2/h3,5-8,11-13H,4,9-10H2,1-2H3,(H,20,21);1-2H3. The Morgan fingerprint density at radius 2 is 1.96 bits per heavy atom. The summed E-state index contributed by atoms with van der Waals surface area (Å²) in [7, 11) is 1.60. The molecule has 0 fully saturated rings. The topological polar surface area (TPSA) is 47.1 Å². The van der Waals surface area contributed by atoms with Crippen molar-refractivity contribution >= 4 is 0 Å². The molecular formula is C20H27FN2O2. The number of aromatic nitrogens is 2. The van der Waals surface area contributed by atoms with Gasteiger partial charge in [0.15, 0.2) is 0 Å². The maximum Gasteiger partial charge on any atom is 0.137 e. The highest BCUT2D eigenvalue weighted by atomic mass is 19.1. The molecule has 0 spiro atoms. The highest BCUT2D eigenvalue weighted by Crippen LogP contribution is 2.24. The first kappa shape index (κ1) is 20.5. The molecule has 0 aliphatic carbocycles. The Bertz CT molecular complexity index is 685. The van der Waals surface area contributed by atoms with E-state index in [2.05, 4.69) is 9.97 Å². The van der Waals surface area contributed by atoms with Crippen LogP contribution in [0.5, 0.6) is 11.5 Å². The van der Waals surface area contributed by atoms with Crippen LogP contribution in [0, 0.1) is 6.92 Å². The van der Waals surface area contributed by atoms with E-state index in [0.717, 1.165) is 22.6 Å². The first-order chi connectivity index (χ1) is 12.2. The second kappa shape index (κ2) is 11.9. The van der Waals surface area contributed by atoms with E-state index in [-0.39, 0.29) is 6.67 Å². The average molecular weight is 346 g/mol. The van der Waals surface area contributed by atoms with Crippen molar-refractivity contribution < 1.29 is 13.9 Å². The van der Waals surface area contributed by atoms with Crippen LogP contribution in [-0.2, 0) is 0 Å². The predicted octanol–water partition coefficient (Wildman–Crippen LogP) is 5.28. The van der Waals surface area contributed by atoms with Crippen LogP contribution >= 0.6 is 0 Å². The number of alkyl halides is 1. The number of nitrogens with one attached hydrogen (secondary N) is 1. The molecule has 1 aromatic heterocycles. The summed E-state index contributed by atoms with van der Waals surface area (Å²) < 4.78 is 22.9. The van der Waals surface area contributed by atoms with E-state index in [9.17, 15) is 4.39 Å². The number of hydrogen-bond acceptors (Lipinski definition) is 3. The summed E-state index contributed by atoms with van der Waals surface area (Å²) in [6.45, 7) is 5.99. The van der Waals surface area contributed by atoms with Crippen molar-refractivity contribution in [3.8, 4) is 22.8 Å². The second-order valence-electron chi connectivity index (χ2n) is 4.97. The number of ether oxygens (including phenoxy) is 2. The minimum absolute atomic E-state index is 0.364. The number of methoxy groups -OCH3 is 1. The van der Waals surface area contributed by atoms with Crippen molar-refractivity contribution in [2.75, 3.05) is 20.4 Å². The summed E-state index contributed by atoms with van der Waals surface area (Å²) >= 11 is 0. The summed E-state index contributed by atoms with van der Waals surface area (Å²) in [5, 5.41) is 0. The van der Waals surface area contributed by atoms with Crippen molar-refractivity contribution in [3.05, 3.63) is 54.5 Å². The van der Waals surface area contributed by atoms with Crippen LogP contribution in [0.4, 0.5) is 4.39 Å². The Hall–Kier alpha value is -2.56. The van der Waals surface area contributed by atoms with Gasteiger partial charge in [-0.2, -0.15) is 0 Å². The van der Waals surface area contributed by atoms with E-state index >= 15 is 0 Å². The van der Waals surface area contributed by atoms with Crippen molar-refractivity contribution in [1.82, 2.24) is 9.97 Å². The Balaban J connectivity index is 0.00000151. The average Bonchev–Trinajstić information content (AvgIpc) is 2.76. The highest BCUT2D eigenvalue weighted by molar-refractivity contribution is 5.61. The molecule has 0 amide bonds. The minimum atomic E-state index is -0.364. The minimum Gasteiger partial charge on any atom is -0.495 e.